The van der Waals surface area contributed by atoms with Crippen molar-refractivity contribution in [3.63, 3.8) is 0 Å². The van der Waals surface area contributed by atoms with Crippen LogP contribution in [0.3, 0.4) is 0 Å². The number of carbonyl (C=O) groups is 1. The molecule has 2 rings (SSSR count). The second-order valence-corrected chi connectivity index (χ2v) is 4.77. The van der Waals surface area contributed by atoms with Gasteiger partial charge in [0.2, 0.25) is 0 Å². The van der Waals surface area contributed by atoms with Crippen LogP contribution in [-0.4, -0.2) is 36.8 Å². The van der Waals surface area contributed by atoms with Crippen molar-refractivity contribution in [2.75, 3.05) is 20.2 Å². The number of piperidine rings is 1. The molecule has 1 aliphatic heterocycles. The van der Waals surface area contributed by atoms with Crippen LogP contribution in [0.25, 0.3) is 0 Å². The maximum atomic E-state index is 12.3. The average molecular weight is 261 g/mol. The van der Waals surface area contributed by atoms with E-state index in [4.69, 9.17) is 15.9 Å². The smallest absolute Gasteiger partial charge is 0.253 e. The fourth-order valence-corrected chi connectivity index (χ4v) is 2.33. The molecule has 0 bridgehead atoms. The molecule has 1 aromatic carbocycles. The molecule has 1 heterocycles. The zero-order valence-electron chi connectivity index (χ0n) is 11.1. The van der Waals surface area contributed by atoms with E-state index in [1.54, 1.807) is 36.3 Å². The van der Waals surface area contributed by atoms with Crippen LogP contribution in [-0.2, 0) is 0 Å². The van der Waals surface area contributed by atoms with E-state index >= 15 is 0 Å². The van der Waals surface area contributed by atoms with E-state index in [1.807, 2.05) is 0 Å². The summed E-state index contributed by atoms with van der Waals surface area (Å²) in [6.45, 7) is 1.27. The number of amidine groups is 1. The number of carbonyl (C=O) groups excluding carboxylic acids is 1. The van der Waals surface area contributed by atoms with Crippen LogP contribution in [0.2, 0.25) is 0 Å². The van der Waals surface area contributed by atoms with Gasteiger partial charge in [0.1, 0.15) is 5.75 Å². The molecule has 0 unspecified atom stereocenters. The first-order valence-electron chi connectivity index (χ1n) is 6.39. The van der Waals surface area contributed by atoms with Gasteiger partial charge in [-0.3, -0.25) is 10.2 Å². The molecule has 1 amide bonds. The van der Waals surface area contributed by atoms with Crippen molar-refractivity contribution in [2.24, 2.45) is 11.7 Å². The number of methoxy groups -OCH3 is 1. The van der Waals surface area contributed by atoms with Gasteiger partial charge < -0.3 is 15.4 Å². The molecule has 1 saturated heterocycles. The summed E-state index contributed by atoms with van der Waals surface area (Å²) in [5, 5.41) is 7.50. The highest BCUT2D eigenvalue weighted by Gasteiger charge is 2.25. The van der Waals surface area contributed by atoms with Crippen LogP contribution in [0.4, 0.5) is 0 Å². The van der Waals surface area contributed by atoms with Gasteiger partial charge in [-0.15, -0.1) is 0 Å². The van der Waals surface area contributed by atoms with Crippen LogP contribution in [0, 0.1) is 11.3 Å². The molecule has 1 atom stereocenters. The van der Waals surface area contributed by atoms with Crippen molar-refractivity contribution in [1.29, 1.82) is 5.41 Å². The Morgan fingerprint density at radius 1 is 1.42 bits per heavy atom. The second-order valence-electron chi connectivity index (χ2n) is 4.77. The molecule has 0 saturated carbocycles. The fourth-order valence-electron chi connectivity index (χ4n) is 2.33. The molecule has 19 heavy (non-hydrogen) atoms. The molecule has 1 fully saturated rings. The SMILES string of the molecule is COc1ccc(C(=O)N2CCC[C@H](C(=N)N)C2)cc1. The number of nitrogens with two attached hydrogens (primary N) is 1. The lowest BCUT2D eigenvalue weighted by molar-refractivity contribution is 0.0702. The summed E-state index contributed by atoms with van der Waals surface area (Å²) in [4.78, 5) is 14.1. The summed E-state index contributed by atoms with van der Waals surface area (Å²) >= 11 is 0. The molecule has 0 aromatic heterocycles. The predicted octanol–water partition coefficient (Wildman–Crippen LogP) is 1.48. The Morgan fingerprint density at radius 3 is 2.68 bits per heavy atom. The molecule has 0 radical (unpaired) electrons. The number of nitrogens with zero attached hydrogens (tertiary/aromatic N) is 1. The second kappa shape index (κ2) is 5.73. The van der Waals surface area contributed by atoms with Gasteiger partial charge in [0.05, 0.1) is 12.9 Å². The third-order valence-corrected chi connectivity index (χ3v) is 3.49. The monoisotopic (exact) mass is 261 g/mol. The lowest BCUT2D eigenvalue weighted by Crippen LogP contribution is -2.43. The highest BCUT2D eigenvalue weighted by atomic mass is 16.5. The molecule has 5 heteroatoms. The molecular weight excluding hydrogens is 242 g/mol. The lowest BCUT2D eigenvalue weighted by atomic mass is 9.96. The number of hydrogen-bond donors (Lipinski definition) is 2. The van der Waals surface area contributed by atoms with E-state index in [0.717, 1.165) is 25.1 Å². The number of amides is 1. The zero-order valence-corrected chi connectivity index (χ0v) is 11.1. The number of likely N-dealkylation sites (tertiary alicyclic amines) is 1. The van der Waals surface area contributed by atoms with Crippen molar-refractivity contribution < 1.29 is 9.53 Å². The maximum Gasteiger partial charge on any atom is 0.253 e. The first-order valence-corrected chi connectivity index (χ1v) is 6.39. The number of hydrogen-bond acceptors (Lipinski definition) is 3. The number of rotatable bonds is 3. The minimum Gasteiger partial charge on any atom is -0.497 e. The van der Waals surface area contributed by atoms with Gasteiger partial charge in [0, 0.05) is 24.6 Å². The van der Waals surface area contributed by atoms with Gasteiger partial charge >= 0.3 is 0 Å². The molecule has 1 aromatic rings. The Morgan fingerprint density at radius 2 is 2.11 bits per heavy atom. The van der Waals surface area contributed by atoms with E-state index < -0.39 is 0 Å². The summed E-state index contributed by atoms with van der Waals surface area (Å²) in [7, 11) is 1.60. The van der Waals surface area contributed by atoms with Crippen molar-refractivity contribution >= 4 is 11.7 Å². The number of ether oxygens (including phenoxy) is 1. The van der Waals surface area contributed by atoms with Crippen molar-refractivity contribution in [3.05, 3.63) is 29.8 Å². The minimum atomic E-state index is -0.00592. The third-order valence-electron chi connectivity index (χ3n) is 3.49. The lowest BCUT2D eigenvalue weighted by Gasteiger charge is -2.32. The van der Waals surface area contributed by atoms with Gasteiger partial charge in [-0.1, -0.05) is 0 Å². The van der Waals surface area contributed by atoms with Crippen LogP contribution < -0.4 is 10.5 Å². The molecule has 0 aliphatic carbocycles. The van der Waals surface area contributed by atoms with Crippen molar-refractivity contribution in [2.45, 2.75) is 12.8 Å². The largest absolute Gasteiger partial charge is 0.497 e. The minimum absolute atomic E-state index is 0.00375. The van der Waals surface area contributed by atoms with E-state index in [-0.39, 0.29) is 17.7 Å². The zero-order chi connectivity index (χ0) is 13.8. The Labute approximate surface area is 112 Å². The van der Waals surface area contributed by atoms with Crippen LogP contribution in [0.15, 0.2) is 24.3 Å². The maximum absolute atomic E-state index is 12.3. The molecule has 102 valence electrons. The predicted molar refractivity (Wildman–Crippen MR) is 73.5 cm³/mol. The van der Waals surface area contributed by atoms with Gasteiger partial charge in [0.25, 0.3) is 5.91 Å². The summed E-state index contributed by atoms with van der Waals surface area (Å²) in [5.41, 5.74) is 6.18. The quantitative estimate of drug-likeness (QED) is 0.639. The van der Waals surface area contributed by atoms with Gasteiger partial charge in [-0.05, 0) is 37.1 Å². The van der Waals surface area contributed by atoms with Crippen molar-refractivity contribution in [3.8, 4) is 5.75 Å². The highest BCUT2D eigenvalue weighted by Crippen LogP contribution is 2.19. The van der Waals surface area contributed by atoms with Gasteiger partial charge in [0.15, 0.2) is 0 Å². The summed E-state index contributed by atoms with van der Waals surface area (Å²) in [5.74, 6) is 0.897. The number of benzene rings is 1. The Hall–Kier alpha value is -2.04. The summed E-state index contributed by atoms with van der Waals surface area (Å²) < 4.78 is 5.07. The Kier molecular flexibility index (Phi) is 4.04. The van der Waals surface area contributed by atoms with E-state index in [0.29, 0.717) is 12.1 Å². The van der Waals surface area contributed by atoms with Crippen LogP contribution in [0.5, 0.6) is 5.75 Å². The fraction of sp³-hybridized carbons (Fsp3) is 0.429. The third kappa shape index (κ3) is 3.05. The first kappa shape index (κ1) is 13.4. The normalized spacial score (nSPS) is 19.0. The van der Waals surface area contributed by atoms with Gasteiger partial charge in [-0.2, -0.15) is 0 Å². The van der Waals surface area contributed by atoms with Crippen molar-refractivity contribution in [1.82, 2.24) is 4.90 Å². The number of nitrogens with one attached hydrogen (secondary N) is 1. The molecular formula is C14H19N3O2. The molecule has 0 spiro atoms. The van der Waals surface area contributed by atoms with E-state index in [9.17, 15) is 4.79 Å². The standard InChI is InChI=1S/C14H19N3O2/c1-19-12-6-4-10(5-7-12)14(18)17-8-2-3-11(9-17)13(15)16/h4-7,11H,2-3,8-9H2,1H3,(H3,15,16)/t11-/m0/s1. The van der Waals surface area contributed by atoms with Gasteiger partial charge in [-0.25, -0.2) is 0 Å². The molecule has 5 nitrogen and oxygen atoms in total. The van der Waals surface area contributed by atoms with E-state index in [2.05, 4.69) is 0 Å². The summed E-state index contributed by atoms with van der Waals surface area (Å²) in [6.07, 6.45) is 1.79. The Balaban J connectivity index is 2.07. The van der Waals surface area contributed by atoms with Crippen LogP contribution >= 0.6 is 0 Å². The Bertz CT molecular complexity index is 470. The average Bonchev–Trinajstić information content (AvgIpc) is 2.46. The molecule has 3 N–H and O–H groups in total. The summed E-state index contributed by atoms with van der Waals surface area (Å²) in [6, 6.07) is 7.08. The topological polar surface area (TPSA) is 79.4 Å². The molecule has 1 aliphatic rings. The highest BCUT2D eigenvalue weighted by molar-refractivity contribution is 5.94. The van der Waals surface area contributed by atoms with Crippen LogP contribution in [0.1, 0.15) is 23.2 Å². The van der Waals surface area contributed by atoms with E-state index in [1.165, 1.54) is 0 Å². The first-order chi connectivity index (χ1) is 9.11.